The molecule has 0 aliphatic heterocycles. The van der Waals surface area contributed by atoms with Crippen LogP contribution in [0.3, 0.4) is 0 Å². The molecule has 0 saturated heterocycles. The number of thiocarbonyl (C=S) groups is 1. The molecule has 0 atom stereocenters. The van der Waals surface area contributed by atoms with Gasteiger partial charge in [-0.2, -0.15) is 0 Å². The van der Waals surface area contributed by atoms with Crippen molar-refractivity contribution < 1.29 is 4.79 Å². The van der Waals surface area contributed by atoms with E-state index in [9.17, 15) is 4.79 Å². The number of hydrogen-bond acceptors (Lipinski definition) is 3. The van der Waals surface area contributed by atoms with E-state index >= 15 is 0 Å². The largest absolute Gasteiger partial charge is 0.389 e. The number of likely N-dealkylation sites (N-methyl/N-ethyl adjacent to an activating group) is 1. The summed E-state index contributed by atoms with van der Waals surface area (Å²) < 4.78 is 0. The third-order valence-electron chi connectivity index (χ3n) is 2.67. The van der Waals surface area contributed by atoms with Crippen LogP contribution in [0.2, 0.25) is 5.02 Å². The van der Waals surface area contributed by atoms with Crippen LogP contribution >= 0.6 is 23.8 Å². The summed E-state index contributed by atoms with van der Waals surface area (Å²) in [5.41, 5.74) is 7.26. The molecule has 0 radical (unpaired) electrons. The molecule has 0 fully saturated rings. The Balaban J connectivity index is 3.14. The zero-order valence-electron chi connectivity index (χ0n) is 11.1. The lowest BCUT2D eigenvalue weighted by Gasteiger charge is -2.25. The van der Waals surface area contributed by atoms with Gasteiger partial charge in [-0.25, -0.2) is 0 Å². The maximum Gasteiger partial charge on any atom is 0.239 e. The number of amides is 1. The first-order valence-electron chi connectivity index (χ1n) is 6.04. The lowest BCUT2D eigenvalue weighted by molar-refractivity contribution is -0.119. The fourth-order valence-corrected chi connectivity index (χ4v) is 2.12. The maximum atomic E-state index is 11.6. The molecule has 0 bridgehead atoms. The van der Waals surface area contributed by atoms with Gasteiger partial charge in [0.05, 0.1) is 6.54 Å². The second-order valence-electron chi connectivity index (χ2n) is 4.12. The monoisotopic (exact) mass is 299 g/mol. The number of carbonyl (C=O) groups is 1. The predicted molar refractivity (Wildman–Crippen MR) is 83.9 cm³/mol. The smallest absolute Gasteiger partial charge is 0.239 e. The van der Waals surface area contributed by atoms with Crippen LogP contribution in [0.4, 0.5) is 5.69 Å². The maximum absolute atomic E-state index is 11.6. The fraction of sp³-hybridized carbons (Fsp3) is 0.385. The van der Waals surface area contributed by atoms with Gasteiger partial charge < -0.3 is 16.0 Å². The Kier molecular flexibility index (Phi) is 6.05. The second kappa shape index (κ2) is 7.31. The summed E-state index contributed by atoms with van der Waals surface area (Å²) in [5.74, 6) is -0.0581. The standard InChI is InChI=1S/C13H18ClN3OS/c1-3-6-17(8-12(18)16-2)11-5-4-9(14)7-10(11)13(15)19/h4-5,7H,3,6,8H2,1-2H3,(H2,15,19)(H,16,18). The van der Waals surface area contributed by atoms with Gasteiger partial charge in [-0.15, -0.1) is 0 Å². The van der Waals surface area contributed by atoms with Crippen LogP contribution in [0.25, 0.3) is 0 Å². The molecule has 0 saturated carbocycles. The third-order valence-corrected chi connectivity index (χ3v) is 3.13. The van der Waals surface area contributed by atoms with Crippen molar-refractivity contribution >= 4 is 40.4 Å². The number of nitrogens with one attached hydrogen (secondary N) is 1. The first-order valence-corrected chi connectivity index (χ1v) is 6.83. The SMILES string of the molecule is CCCN(CC(=O)NC)c1ccc(Cl)cc1C(N)=S. The summed E-state index contributed by atoms with van der Waals surface area (Å²) >= 11 is 11.0. The number of nitrogens with two attached hydrogens (primary N) is 1. The van der Waals surface area contributed by atoms with E-state index in [1.807, 2.05) is 17.9 Å². The average Bonchev–Trinajstić information content (AvgIpc) is 2.38. The van der Waals surface area contributed by atoms with Crippen LogP contribution in [0, 0.1) is 0 Å². The number of halogens is 1. The highest BCUT2D eigenvalue weighted by atomic mass is 35.5. The van der Waals surface area contributed by atoms with Crippen LogP contribution in [-0.4, -0.2) is 31.0 Å². The predicted octanol–water partition coefficient (Wildman–Crippen LogP) is 1.94. The van der Waals surface area contributed by atoms with Gasteiger partial charge in [0.1, 0.15) is 4.99 Å². The molecule has 0 aliphatic carbocycles. The minimum atomic E-state index is -0.0581. The van der Waals surface area contributed by atoms with Gasteiger partial charge >= 0.3 is 0 Å². The third kappa shape index (κ3) is 4.36. The van der Waals surface area contributed by atoms with E-state index in [0.717, 1.165) is 18.7 Å². The van der Waals surface area contributed by atoms with Crippen LogP contribution in [-0.2, 0) is 4.79 Å². The molecule has 6 heteroatoms. The lowest BCUT2D eigenvalue weighted by atomic mass is 10.1. The molecule has 0 unspecified atom stereocenters. The number of anilines is 1. The van der Waals surface area contributed by atoms with E-state index in [0.29, 0.717) is 10.6 Å². The van der Waals surface area contributed by atoms with Gasteiger partial charge in [0.25, 0.3) is 0 Å². The zero-order valence-corrected chi connectivity index (χ0v) is 12.6. The molecule has 0 heterocycles. The average molecular weight is 300 g/mol. The van der Waals surface area contributed by atoms with Crippen molar-refractivity contribution in [1.82, 2.24) is 5.32 Å². The molecule has 0 aromatic heterocycles. The number of rotatable bonds is 6. The van der Waals surface area contributed by atoms with Gasteiger partial charge in [0.2, 0.25) is 5.91 Å². The van der Waals surface area contributed by atoms with E-state index in [1.165, 1.54) is 0 Å². The molecular weight excluding hydrogens is 282 g/mol. The lowest BCUT2D eigenvalue weighted by Crippen LogP contribution is -2.37. The minimum Gasteiger partial charge on any atom is -0.389 e. The second-order valence-corrected chi connectivity index (χ2v) is 5.00. The number of nitrogens with zero attached hydrogens (tertiary/aromatic N) is 1. The van der Waals surface area contributed by atoms with Crippen molar-refractivity contribution in [2.75, 3.05) is 25.0 Å². The highest BCUT2D eigenvalue weighted by molar-refractivity contribution is 7.80. The Morgan fingerprint density at radius 3 is 2.74 bits per heavy atom. The summed E-state index contributed by atoms with van der Waals surface area (Å²) in [6.07, 6.45) is 0.913. The van der Waals surface area contributed by atoms with E-state index < -0.39 is 0 Å². The molecule has 1 aromatic carbocycles. The fourth-order valence-electron chi connectivity index (χ4n) is 1.79. The molecule has 4 nitrogen and oxygen atoms in total. The van der Waals surface area contributed by atoms with Crippen LogP contribution < -0.4 is 16.0 Å². The summed E-state index contributed by atoms with van der Waals surface area (Å²) in [6, 6.07) is 5.34. The van der Waals surface area contributed by atoms with Crippen LogP contribution in [0.15, 0.2) is 18.2 Å². The normalized spacial score (nSPS) is 10.1. The van der Waals surface area contributed by atoms with Gasteiger partial charge in [0, 0.05) is 29.9 Å². The number of hydrogen-bond donors (Lipinski definition) is 2. The van der Waals surface area contributed by atoms with E-state index in [1.54, 1.807) is 19.2 Å². The van der Waals surface area contributed by atoms with Crippen LogP contribution in [0.1, 0.15) is 18.9 Å². The number of carbonyl (C=O) groups excluding carboxylic acids is 1. The van der Waals surface area contributed by atoms with E-state index in [-0.39, 0.29) is 17.4 Å². The molecule has 0 aliphatic rings. The Morgan fingerprint density at radius 1 is 1.53 bits per heavy atom. The number of benzene rings is 1. The summed E-state index contributed by atoms with van der Waals surface area (Å²) in [6.45, 7) is 3.06. The quantitative estimate of drug-likeness (QED) is 0.788. The Bertz CT molecular complexity index is 479. The summed E-state index contributed by atoms with van der Waals surface area (Å²) in [7, 11) is 1.61. The van der Waals surface area contributed by atoms with Gasteiger partial charge in [-0.05, 0) is 24.6 Å². The van der Waals surface area contributed by atoms with Gasteiger partial charge in [-0.1, -0.05) is 30.7 Å². The molecular formula is C13H18ClN3OS. The van der Waals surface area contributed by atoms with E-state index in [4.69, 9.17) is 29.6 Å². The van der Waals surface area contributed by atoms with E-state index in [2.05, 4.69) is 5.32 Å². The molecule has 1 amide bonds. The molecule has 3 N–H and O–H groups in total. The first-order chi connectivity index (χ1) is 8.99. The van der Waals surface area contributed by atoms with Crippen molar-refractivity contribution in [3.63, 3.8) is 0 Å². The molecule has 19 heavy (non-hydrogen) atoms. The van der Waals surface area contributed by atoms with Crippen molar-refractivity contribution in [1.29, 1.82) is 0 Å². The molecule has 0 spiro atoms. The molecule has 1 rings (SSSR count). The Hall–Kier alpha value is -1.33. The molecule has 104 valence electrons. The van der Waals surface area contributed by atoms with Crippen LogP contribution in [0.5, 0.6) is 0 Å². The van der Waals surface area contributed by atoms with Crippen molar-refractivity contribution in [3.8, 4) is 0 Å². The Morgan fingerprint density at radius 2 is 2.21 bits per heavy atom. The Labute approximate surface area is 123 Å². The van der Waals surface area contributed by atoms with Gasteiger partial charge in [-0.3, -0.25) is 4.79 Å². The minimum absolute atomic E-state index is 0.0581. The van der Waals surface area contributed by atoms with Crippen molar-refractivity contribution in [2.24, 2.45) is 5.73 Å². The molecule has 1 aromatic rings. The van der Waals surface area contributed by atoms with Gasteiger partial charge in [0.15, 0.2) is 0 Å². The first kappa shape index (κ1) is 15.7. The van der Waals surface area contributed by atoms with Crippen molar-refractivity contribution in [2.45, 2.75) is 13.3 Å². The summed E-state index contributed by atoms with van der Waals surface area (Å²) in [5, 5.41) is 3.19. The van der Waals surface area contributed by atoms with Crippen molar-refractivity contribution in [3.05, 3.63) is 28.8 Å². The summed E-state index contributed by atoms with van der Waals surface area (Å²) in [4.78, 5) is 13.8. The highest BCUT2D eigenvalue weighted by Crippen LogP contribution is 2.24. The topological polar surface area (TPSA) is 58.4 Å². The highest BCUT2D eigenvalue weighted by Gasteiger charge is 2.15. The zero-order chi connectivity index (χ0) is 14.4.